The largest absolute Gasteiger partial charge is 0.497 e. The van der Waals surface area contributed by atoms with Crippen LogP contribution in [-0.2, 0) is 13.0 Å². The van der Waals surface area contributed by atoms with Gasteiger partial charge < -0.3 is 14.0 Å². The zero-order valence-corrected chi connectivity index (χ0v) is 18.0. The topological polar surface area (TPSA) is 99.1 Å². The fourth-order valence-electron chi connectivity index (χ4n) is 3.78. The van der Waals surface area contributed by atoms with Gasteiger partial charge in [0, 0.05) is 6.54 Å². The summed E-state index contributed by atoms with van der Waals surface area (Å²) >= 11 is 0. The molecule has 4 rings (SSSR count). The van der Waals surface area contributed by atoms with Crippen LogP contribution >= 0.6 is 0 Å². The minimum Gasteiger partial charge on any atom is -0.497 e. The highest BCUT2D eigenvalue weighted by molar-refractivity contribution is 5.81. The standard InChI is InChI=1S/C23H24N4O4/c1-13-10-17-18(11-14(13)2)27(21-20(24-17)22(28)26-23(29)25-21)9-5-6-15-12-16(30-3)7-8-19(15)31-4/h7-8,10-12H,5-6,9H2,1-4H3,(H,26,28,29). The normalized spacial score (nSPS) is 11.2. The second-order valence-electron chi connectivity index (χ2n) is 7.51. The van der Waals surface area contributed by atoms with Crippen LogP contribution in [-0.4, -0.2) is 33.7 Å². The molecule has 2 aromatic rings. The molecule has 0 radical (unpaired) electrons. The maximum absolute atomic E-state index is 12.4. The van der Waals surface area contributed by atoms with Crippen molar-refractivity contribution >= 4 is 11.0 Å². The molecule has 2 aromatic carbocycles. The summed E-state index contributed by atoms with van der Waals surface area (Å²) in [7, 11) is 3.27. The Kier molecular flexibility index (Phi) is 5.46. The number of methoxy groups -OCH3 is 2. The quantitative estimate of drug-likeness (QED) is 0.482. The van der Waals surface area contributed by atoms with Gasteiger partial charge in [-0.3, -0.25) is 9.78 Å². The predicted molar refractivity (Wildman–Crippen MR) is 118 cm³/mol. The van der Waals surface area contributed by atoms with E-state index in [1.54, 1.807) is 14.2 Å². The van der Waals surface area contributed by atoms with E-state index in [-0.39, 0.29) is 5.69 Å². The lowest BCUT2D eigenvalue weighted by atomic mass is 10.1. The number of hydrogen-bond acceptors (Lipinski definition) is 6. The van der Waals surface area contributed by atoms with Crippen molar-refractivity contribution in [3.63, 3.8) is 0 Å². The van der Waals surface area contributed by atoms with Crippen molar-refractivity contribution in [3.8, 4) is 23.0 Å². The van der Waals surface area contributed by atoms with E-state index < -0.39 is 11.2 Å². The van der Waals surface area contributed by atoms with Gasteiger partial charge in [0.25, 0.3) is 5.56 Å². The van der Waals surface area contributed by atoms with Gasteiger partial charge in [0.05, 0.1) is 25.3 Å². The molecule has 0 amide bonds. The lowest BCUT2D eigenvalue weighted by molar-refractivity contribution is 0.398. The Hall–Kier alpha value is -3.68. The van der Waals surface area contributed by atoms with Crippen molar-refractivity contribution in [2.75, 3.05) is 14.2 Å². The second kappa shape index (κ2) is 8.22. The number of nitrogens with one attached hydrogen (secondary N) is 1. The maximum atomic E-state index is 12.4. The third-order valence-electron chi connectivity index (χ3n) is 5.54. The Labute approximate surface area is 178 Å². The fraction of sp³-hybridized carbons (Fsp3) is 0.304. The molecule has 0 aromatic heterocycles. The Morgan fingerprint density at radius 2 is 1.77 bits per heavy atom. The molecular formula is C23H24N4O4. The lowest BCUT2D eigenvalue weighted by Gasteiger charge is -2.18. The minimum absolute atomic E-state index is 0.161. The first-order valence-corrected chi connectivity index (χ1v) is 10.0. The van der Waals surface area contributed by atoms with Gasteiger partial charge in [-0.1, -0.05) is 0 Å². The molecule has 0 atom stereocenters. The highest BCUT2D eigenvalue weighted by Gasteiger charge is 2.19. The lowest BCUT2D eigenvalue weighted by Crippen LogP contribution is -2.29. The summed E-state index contributed by atoms with van der Waals surface area (Å²) in [5.74, 6) is 1.85. The van der Waals surface area contributed by atoms with Gasteiger partial charge in [-0.15, -0.1) is 0 Å². The summed E-state index contributed by atoms with van der Waals surface area (Å²) < 4.78 is 12.7. The third-order valence-corrected chi connectivity index (χ3v) is 5.54. The monoisotopic (exact) mass is 420 g/mol. The van der Waals surface area contributed by atoms with Crippen molar-refractivity contribution in [1.29, 1.82) is 0 Å². The zero-order valence-electron chi connectivity index (χ0n) is 18.0. The summed E-state index contributed by atoms with van der Waals surface area (Å²) in [6, 6.07) is 9.68. The Morgan fingerprint density at radius 1 is 1.00 bits per heavy atom. The van der Waals surface area contributed by atoms with E-state index in [0.717, 1.165) is 46.5 Å². The zero-order chi connectivity index (χ0) is 22.1. The number of rotatable bonds is 6. The summed E-state index contributed by atoms with van der Waals surface area (Å²) in [5.41, 5.74) is 3.69. The van der Waals surface area contributed by atoms with Gasteiger partial charge in [-0.2, -0.15) is 4.98 Å². The van der Waals surface area contributed by atoms with E-state index in [2.05, 4.69) is 15.0 Å². The summed E-state index contributed by atoms with van der Waals surface area (Å²) in [6.45, 7) is 4.58. The number of ether oxygens (including phenoxy) is 2. The average Bonchev–Trinajstić information content (AvgIpc) is 2.75. The van der Waals surface area contributed by atoms with Crippen LogP contribution < -0.4 is 20.7 Å². The van der Waals surface area contributed by atoms with Crippen molar-refractivity contribution < 1.29 is 9.47 Å². The fourth-order valence-corrected chi connectivity index (χ4v) is 3.78. The number of aromatic amines is 1. The molecule has 0 unspecified atom stereocenters. The van der Waals surface area contributed by atoms with Gasteiger partial charge >= 0.3 is 5.69 Å². The van der Waals surface area contributed by atoms with Crippen molar-refractivity contribution in [3.05, 3.63) is 67.9 Å². The summed E-state index contributed by atoms with van der Waals surface area (Å²) in [4.78, 5) is 35.1. The predicted octanol–water partition coefficient (Wildman–Crippen LogP) is 2.85. The van der Waals surface area contributed by atoms with Crippen LogP contribution in [0, 0.1) is 13.8 Å². The third kappa shape index (κ3) is 3.88. The van der Waals surface area contributed by atoms with E-state index in [1.165, 1.54) is 0 Å². The van der Waals surface area contributed by atoms with E-state index in [0.29, 0.717) is 17.9 Å². The van der Waals surface area contributed by atoms with Gasteiger partial charge in [-0.05, 0) is 73.7 Å². The van der Waals surface area contributed by atoms with Crippen LogP contribution in [0.4, 0.5) is 0 Å². The second-order valence-corrected chi connectivity index (χ2v) is 7.51. The molecule has 2 heterocycles. The minimum atomic E-state index is -0.675. The molecule has 8 nitrogen and oxygen atoms in total. The first kappa shape index (κ1) is 20.6. The van der Waals surface area contributed by atoms with Crippen LogP contribution in [0.25, 0.3) is 22.6 Å². The van der Waals surface area contributed by atoms with E-state index in [1.807, 2.05) is 48.7 Å². The molecule has 0 fully saturated rings. The Balaban J connectivity index is 1.78. The molecule has 0 saturated heterocycles. The van der Waals surface area contributed by atoms with Crippen molar-refractivity contribution in [1.82, 2.24) is 19.5 Å². The number of nitrogens with zero attached hydrogens (tertiary/aromatic N) is 3. The molecule has 31 heavy (non-hydrogen) atoms. The van der Waals surface area contributed by atoms with E-state index in [4.69, 9.17) is 9.47 Å². The highest BCUT2D eigenvalue weighted by atomic mass is 16.5. The Bertz CT molecular complexity index is 1360. The van der Waals surface area contributed by atoms with Crippen molar-refractivity contribution in [2.24, 2.45) is 0 Å². The number of benzene rings is 2. The van der Waals surface area contributed by atoms with Crippen LogP contribution in [0.1, 0.15) is 23.1 Å². The molecule has 0 spiro atoms. The van der Waals surface area contributed by atoms with Crippen LogP contribution in [0.15, 0.2) is 39.9 Å². The molecule has 0 bridgehead atoms. The molecule has 2 aliphatic rings. The molecule has 8 heteroatoms. The molecule has 1 N–H and O–H groups in total. The van der Waals surface area contributed by atoms with E-state index >= 15 is 0 Å². The smallest absolute Gasteiger partial charge is 0.349 e. The first-order chi connectivity index (χ1) is 14.9. The van der Waals surface area contributed by atoms with Crippen LogP contribution in [0.5, 0.6) is 11.5 Å². The van der Waals surface area contributed by atoms with Crippen molar-refractivity contribution in [2.45, 2.75) is 33.2 Å². The molecule has 0 saturated carbocycles. The highest BCUT2D eigenvalue weighted by Crippen LogP contribution is 2.27. The number of H-pyrrole nitrogens is 1. The van der Waals surface area contributed by atoms with Gasteiger partial charge in [0.15, 0.2) is 11.5 Å². The number of aryl methyl sites for hydroxylation is 4. The number of hydrogen-bond donors (Lipinski definition) is 1. The van der Waals surface area contributed by atoms with E-state index in [9.17, 15) is 9.59 Å². The van der Waals surface area contributed by atoms with Gasteiger partial charge in [0.1, 0.15) is 11.5 Å². The number of aromatic nitrogens is 4. The summed E-state index contributed by atoms with van der Waals surface area (Å²) in [5, 5.41) is 0. The maximum Gasteiger partial charge on any atom is 0.349 e. The van der Waals surface area contributed by atoms with Gasteiger partial charge in [0.2, 0.25) is 0 Å². The molecule has 0 aliphatic carbocycles. The SMILES string of the molecule is COc1ccc(OC)c(CCCn2c3nc(=O)[nH]c(=O)c-3nc3cc(C)c(C)cc32)c1. The first-order valence-electron chi connectivity index (χ1n) is 10.0. The average molecular weight is 420 g/mol. The van der Waals surface area contributed by atoms with Crippen LogP contribution in [0.2, 0.25) is 0 Å². The van der Waals surface area contributed by atoms with Crippen LogP contribution in [0.3, 0.4) is 0 Å². The Morgan fingerprint density at radius 3 is 2.52 bits per heavy atom. The molecular weight excluding hydrogens is 396 g/mol. The summed E-state index contributed by atoms with van der Waals surface area (Å²) in [6.07, 6.45) is 1.45. The van der Waals surface area contributed by atoms with Gasteiger partial charge in [-0.25, -0.2) is 9.78 Å². The number of fused-ring (bicyclic) bond motifs is 2. The molecule has 2 aliphatic heterocycles. The molecule has 160 valence electrons.